The molecule has 10 nitrogen and oxygen atoms in total. The maximum atomic E-state index is 14.0. The molecule has 1 atom stereocenters. The van der Waals surface area contributed by atoms with Crippen molar-refractivity contribution in [2.24, 2.45) is 4.99 Å². The van der Waals surface area contributed by atoms with Crippen LogP contribution in [0, 0.1) is 24.0 Å². The molecule has 11 heteroatoms. The lowest BCUT2D eigenvalue weighted by atomic mass is 9.95. The number of fused-ring (bicyclic) bond motifs is 1. The van der Waals surface area contributed by atoms with Crippen molar-refractivity contribution >= 4 is 29.1 Å². The van der Waals surface area contributed by atoms with Gasteiger partial charge in [0.05, 0.1) is 33.4 Å². The number of aryl methyl sites for hydroxylation is 1. The molecule has 0 unspecified atom stereocenters. The maximum absolute atomic E-state index is 14.0. The van der Waals surface area contributed by atoms with Gasteiger partial charge in [-0.15, -0.1) is 0 Å². The van der Waals surface area contributed by atoms with Crippen LogP contribution in [0.5, 0.6) is 5.75 Å². The molecule has 2 aromatic heterocycles. The van der Waals surface area contributed by atoms with Crippen molar-refractivity contribution in [1.29, 1.82) is 0 Å². The molecule has 0 saturated heterocycles. The number of para-hydroxylation sites is 1. The number of ether oxygens (including phenoxy) is 2. The standard InChI is InChI=1S/C32H31N3O7S/c1-7-40-31(37)28-20(6)33-32-34(29(28)23-10-8-9-11-26(23)41-17(2)3)30(36)27(43-32)16-22-12-13-25(42-22)21-14-18(4)19(5)24(15-21)35(38)39/h8-17,29H,7H2,1-6H3/b27-16-/t29-/m1/s1. The minimum absolute atomic E-state index is 0.00996. The summed E-state index contributed by atoms with van der Waals surface area (Å²) in [6.45, 7) is 10.9. The fraction of sp³-hybridized carbons (Fsp3) is 0.281. The number of carbonyl (C=O) groups is 1. The molecule has 2 aromatic carbocycles. The quantitative estimate of drug-likeness (QED) is 0.151. The Kier molecular flexibility index (Phi) is 8.19. The number of carbonyl (C=O) groups excluding carboxylic acids is 1. The molecular formula is C32H31N3O7S. The third-order valence-corrected chi connectivity index (χ3v) is 8.10. The molecule has 0 N–H and O–H groups in total. The topological polar surface area (TPSA) is 126 Å². The van der Waals surface area contributed by atoms with Crippen molar-refractivity contribution in [2.75, 3.05) is 6.61 Å². The number of aromatic nitrogens is 1. The van der Waals surface area contributed by atoms with Crippen LogP contribution in [-0.2, 0) is 9.53 Å². The number of allylic oxidation sites excluding steroid dienone is 1. The van der Waals surface area contributed by atoms with Crippen LogP contribution >= 0.6 is 11.3 Å². The Morgan fingerprint density at radius 1 is 1.19 bits per heavy atom. The Bertz CT molecular complexity index is 1960. The van der Waals surface area contributed by atoms with Crippen LogP contribution in [0.2, 0.25) is 0 Å². The third kappa shape index (κ3) is 5.68. The zero-order valence-corrected chi connectivity index (χ0v) is 25.5. The number of hydrogen-bond donors (Lipinski definition) is 0. The second-order valence-electron chi connectivity index (χ2n) is 10.4. The number of furan rings is 1. The summed E-state index contributed by atoms with van der Waals surface area (Å²) in [7, 11) is 0. The van der Waals surface area contributed by atoms with Crippen LogP contribution in [0.25, 0.3) is 17.4 Å². The van der Waals surface area contributed by atoms with Gasteiger partial charge in [-0.05, 0) is 71.4 Å². The highest BCUT2D eigenvalue weighted by atomic mass is 32.1. The summed E-state index contributed by atoms with van der Waals surface area (Å²) in [4.78, 5) is 43.4. The van der Waals surface area contributed by atoms with Gasteiger partial charge < -0.3 is 13.9 Å². The fourth-order valence-corrected chi connectivity index (χ4v) is 6.07. The second-order valence-corrected chi connectivity index (χ2v) is 11.4. The zero-order valence-electron chi connectivity index (χ0n) is 24.7. The Hall–Kier alpha value is -4.77. The van der Waals surface area contributed by atoms with Crippen molar-refractivity contribution in [3.63, 3.8) is 0 Å². The summed E-state index contributed by atoms with van der Waals surface area (Å²) >= 11 is 1.17. The van der Waals surface area contributed by atoms with Gasteiger partial charge in [0.15, 0.2) is 4.80 Å². The molecule has 0 radical (unpaired) electrons. The van der Waals surface area contributed by atoms with Gasteiger partial charge in [0.1, 0.15) is 23.3 Å². The Morgan fingerprint density at radius 2 is 1.93 bits per heavy atom. The number of nitro groups is 1. The number of rotatable bonds is 8. The van der Waals surface area contributed by atoms with Gasteiger partial charge in [-0.25, -0.2) is 9.79 Å². The van der Waals surface area contributed by atoms with Crippen molar-refractivity contribution in [3.05, 3.63) is 112 Å². The number of nitro benzene ring substituents is 1. The van der Waals surface area contributed by atoms with Gasteiger partial charge in [-0.2, -0.15) is 0 Å². The normalized spacial score (nSPS) is 15.0. The number of esters is 1. The lowest BCUT2D eigenvalue weighted by Crippen LogP contribution is -2.40. The summed E-state index contributed by atoms with van der Waals surface area (Å²) in [5.74, 6) is 0.818. The van der Waals surface area contributed by atoms with E-state index in [0.29, 0.717) is 49.0 Å². The van der Waals surface area contributed by atoms with Crippen LogP contribution < -0.4 is 19.6 Å². The van der Waals surface area contributed by atoms with E-state index < -0.39 is 16.9 Å². The molecule has 5 rings (SSSR count). The van der Waals surface area contributed by atoms with Crippen LogP contribution in [0.4, 0.5) is 5.69 Å². The fourth-order valence-electron chi connectivity index (χ4n) is 5.04. The molecule has 4 aromatic rings. The third-order valence-electron chi connectivity index (χ3n) is 7.11. The van der Waals surface area contributed by atoms with Gasteiger partial charge in [-0.1, -0.05) is 29.5 Å². The van der Waals surface area contributed by atoms with E-state index in [1.54, 1.807) is 39.0 Å². The van der Waals surface area contributed by atoms with E-state index in [1.165, 1.54) is 22.0 Å². The predicted octanol–water partition coefficient (Wildman–Crippen LogP) is 5.37. The average molecular weight is 602 g/mol. The van der Waals surface area contributed by atoms with Gasteiger partial charge in [0, 0.05) is 28.8 Å². The number of nitrogens with zero attached hydrogens (tertiary/aromatic N) is 3. The molecular weight excluding hydrogens is 570 g/mol. The SMILES string of the molecule is CCOC(=O)C1=C(C)N=c2s/c(=C\c3ccc(-c4cc(C)c(C)c([N+](=O)[O-])c4)o3)c(=O)n2[C@@H]1c1ccccc1OC(C)C. The average Bonchev–Trinajstić information content (AvgIpc) is 3.53. The molecule has 0 saturated carbocycles. The van der Waals surface area contributed by atoms with Crippen LogP contribution in [-0.4, -0.2) is 28.2 Å². The first-order chi connectivity index (χ1) is 20.5. The van der Waals surface area contributed by atoms with Crippen molar-refractivity contribution in [2.45, 2.75) is 53.7 Å². The summed E-state index contributed by atoms with van der Waals surface area (Å²) in [5, 5.41) is 11.5. The van der Waals surface area contributed by atoms with E-state index in [1.807, 2.05) is 51.1 Å². The predicted molar refractivity (Wildman–Crippen MR) is 163 cm³/mol. The van der Waals surface area contributed by atoms with Gasteiger partial charge in [-0.3, -0.25) is 19.5 Å². The Labute approximate surface area is 251 Å². The highest BCUT2D eigenvalue weighted by Crippen LogP contribution is 2.36. The van der Waals surface area contributed by atoms with Crippen LogP contribution in [0.1, 0.15) is 56.2 Å². The lowest BCUT2D eigenvalue weighted by Gasteiger charge is -2.26. The second kappa shape index (κ2) is 11.8. The molecule has 222 valence electrons. The highest BCUT2D eigenvalue weighted by molar-refractivity contribution is 7.07. The lowest BCUT2D eigenvalue weighted by molar-refractivity contribution is -0.385. The van der Waals surface area contributed by atoms with Crippen molar-refractivity contribution in [3.8, 4) is 17.1 Å². The summed E-state index contributed by atoms with van der Waals surface area (Å²) in [6, 6.07) is 13.2. The molecule has 1 aliphatic heterocycles. The number of benzene rings is 2. The Balaban J connectivity index is 1.65. The van der Waals surface area contributed by atoms with E-state index in [0.717, 1.165) is 5.56 Å². The summed E-state index contributed by atoms with van der Waals surface area (Å²) in [5.41, 5.74) is 2.92. The van der Waals surface area contributed by atoms with Crippen molar-refractivity contribution < 1.29 is 23.6 Å². The van der Waals surface area contributed by atoms with E-state index in [2.05, 4.69) is 4.99 Å². The minimum Gasteiger partial charge on any atom is -0.491 e. The highest BCUT2D eigenvalue weighted by Gasteiger charge is 2.35. The monoisotopic (exact) mass is 601 g/mol. The first-order valence-corrected chi connectivity index (χ1v) is 14.6. The maximum Gasteiger partial charge on any atom is 0.338 e. The zero-order chi connectivity index (χ0) is 31.0. The van der Waals surface area contributed by atoms with E-state index >= 15 is 0 Å². The molecule has 43 heavy (non-hydrogen) atoms. The number of hydrogen-bond acceptors (Lipinski definition) is 9. The Morgan fingerprint density at radius 3 is 2.63 bits per heavy atom. The molecule has 0 spiro atoms. The minimum atomic E-state index is -0.823. The molecule has 0 aliphatic carbocycles. The largest absolute Gasteiger partial charge is 0.491 e. The van der Waals surface area contributed by atoms with E-state index in [4.69, 9.17) is 13.9 Å². The van der Waals surface area contributed by atoms with Crippen LogP contribution in [0.3, 0.4) is 0 Å². The molecule has 0 amide bonds. The number of thiazole rings is 1. The van der Waals surface area contributed by atoms with E-state index in [9.17, 15) is 19.7 Å². The summed E-state index contributed by atoms with van der Waals surface area (Å²) in [6.07, 6.45) is 1.47. The first-order valence-electron chi connectivity index (χ1n) is 13.8. The molecule has 0 bridgehead atoms. The molecule has 0 fully saturated rings. The van der Waals surface area contributed by atoms with Gasteiger partial charge in [0.25, 0.3) is 11.2 Å². The van der Waals surface area contributed by atoms with E-state index in [-0.39, 0.29) is 29.5 Å². The smallest absolute Gasteiger partial charge is 0.338 e. The summed E-state index contributed by atoms with van der Waals surface area (Å²) < 4.78 is 19.3. The molecule has 3 heterocycles. The first kappa shape index (κ1) is 29.7. The van der Waals surface area contributed by atoms with Crippen molar-refractivity contribution in [1.82, 2.24) is 4.57 Å². The molecule has 1 aliphatic rings. The van der Waals surface area contributed by atoms with Crippen LogP contribution in [0.15, 0.2) is 74.0 Å². The van der Waals surface area contributed by atoms with Gasteiger partial charge >= 0.3 is 5.97 Å². The van der Waals surface area contributed by atoms with Gasteiger partial charge in [0.2, 0.25) is 0 Å².